The van der Waals surface area contributed by atoms with Crippen molar-refractivity contribution < 1.29 is 9.90 Å². The number of piperidine rings is 1. The number of hydrogen-bond donors (Lipinski definition) is 2. The first-order chi connectivity index (χ1) is 8.58. The predicted molar refractivity (Wildman–Crippen MR) is 70.8 cm³/mol. The topological polar surface area (TPSA) is 79.5 Å². The van der Waals surface area contributed by atoms with Gasteiger partial charge in [-0.3, -0.25) is 9.78 Å². The Hall–Kier alpha value is -1.49. The number of halogens is 1. The van der Waals surface area contributed by atoms with Gasteiger partial charge in [-0.2, -0.15) is 0 Å². The van der Waals surface area contributed by atoms with Gasteiger partial charge < -0.3 is 15.7 Å². The molecule has 5 nitrogen and oxygen atoms in total. The maximum Gasteiger partial charge on any atom is 0.303 e. The van der Waals surface area contributed by atoms with Crippen molar-refractivity contribution in [1.29, 1.82) is 0 Å². The van der Waals surface area contributed by atoms with Gasteiger partial charge in [0.1, 0.15) is 0 Å². The van der Waals surface area contributed by atoms with E-state index in [1.807, 2.05) is 0 Å². The fourth-order valence-electron chi connectivity index (χ4n) is 2.31. The molecule has 0 bridgehead atoms. The van der Waals surface area contributed by atoms with Crippen molar-refractivity contribution in [2.24, 2.45) is 5.92 Å². The van der Waals surface area contributed by atoms with Gasteiger partial charge in [0, 0.05) is 25.7 Å². The van der Waals surface area contributed by atoms with E-state index in [4.69, 9.17) is 22.4 Å². The van der Waals surface area contributed by atoms with E-state index in [2.05, 4.69) is 9.88 Å². The Balaban J connectivity index is 2.01. The molecule has 0 aromatic carbocycles. The number of hydrogen-bond acceptors (Lipinski definition) is 4. The second-order valence-electron chi connectivity index (χ2n) is 4.58. The lowest BCUT2D eigenvalue weighted by atomic mass is 9.93. The third kappa shape index (κ3) is 2.85. The van der Waals surface area contributed by atoms with E-state index >= 15 is 0 Å². The van der Waals surface area contributed by atoms with Crippen LogP contribution in [0.25, 0.3) is 0 Å². The van der Waals surface area contributed by atoms with Gasteiger partial charge in [0.25, 0.3) is 0 Å². The number of aromatic nitrogens is 1. The Morgan fingerprint density at radius 2 is 2.17 bits per heavy atom. The fraction of sp³-hybridized carbons (Fsp3) is 0.500. The van der Waals surface area contributed by atoms with Crippen molar-refractivity contribution in [3.8, 4) is 0 Å². The van der Waals surface area contributed by atoms with Gasteiger partial charge in [-0.25, -0.2) is 0 Å². The smallest absolute Gasteiger partial charge is 0.303 e. The lowest BCUT2D eigenvalue weighted by molar-refractivity contribution is -0.138. The summed E-state index contributed by atoms with van der Waals surface area (Å²) in [6.45, 7) is 1.59. The zero-order valence-electron chi connectivity index (χ0n) is 9.97. The van der Waals surface area contributed by atoms with Crippen LogP contribution in [0.3, 0.4) is 0 Å². The zero-order chi connectivity index (χ0) is 13.1. The molecule has 18 heavy (non-hydrogen) atoms. The molecule has 1 aromatic heterocycles. The van der Waals surface area contributed by atoms with E-state index < -0.39 is 5.97 Å². The molecule has 0 atom stereocenters. The number of nitrogens with two attached hydrogens (primary N) is 1. The first-order valence-corrected chi connectivity index (χ1v) is 6.31. The lowest BCUT2D eigenvalue weighted by Crippen LogP contribution is -2.34. The van der Waals surface area contributed by atoms with Crippen LogP contribution in [0.1, 0.15) is 19.3 Å². The SMILES string of the molecule is Nc1c(Cl)cncc1N1CCC(CC(=O)O)CC1. The Morgan fingerprint density at radius 1 is 1.50 bits per heavy atom. The van der Waals surface area contributed by atoms with E-state index in [0.29, 0.717) is 10.7 Å². The number of carboxylic acid groups (broad SMARTS) is 1. The molecule has 0 amide bonds. The van der Waals surface area contributed by atoms with Crippen molar-refractivity contribution in [1.82, 2.24) is 4.98 Å². The first kappa shape index (κ1) is 13.0. The van der Waals surface area contributed by atoms with E-state index in [9.17, 15) is 4.79 Å². The Bertz CT molecular complexity index is 445. The third-order valence-electron chi connectivity index (χ3n) is 3.34. The summed E-state index contributed by atoms with van der Waals surface area (Å²) < 4.78 is 0. The van der Waals surface area contributed by atoms with Crippen LogP contribution in [0.2, 0.25) is 5.02 Å². The van der Waals surface area contributed by atoms with Gasteiger partial charge in [0.05, 0.1) is 22.6 Å². The maximum atomic E-state index is 10.7. The molecule has 2 rings (SSSR count). The minimum absolute atomic E-state index is 0.247. The van der Waals surface area contributed by atoms with Crippen LogP contribution in [0.15, 0.2) is 12.4 Å². The normalized spacial score (nSPS) is 16.8. The minimum Gasteiger partial charge on any atom is -0.481 e. The molecule has 1 aliphatic rings. The molecule has 1 saturated heterocycles. The van der Waals surface area contributed by atoms with Crippen molar-refractivity contribution in [2.75, 3.05) is 23.7 Å². The van der Waals surface area contributed by atoms with Crippen LogP contribution in [-0.4, -0.2) is 29.1 Å². The molecule has 0 spiro atoms. The van der Waals surface area contributed by atoms with E-state index in [1.165, 1.54) is 6.20 Å². The van der Waals surface area contributed by atoms with Gasteiger partial charge in [-0.1, -0.05) is 11.6 Å². The summed E-state index contributed by atoms with van der Waals surface area (Å²) in [6.07, 6.45) is 5.20. The summed E-state index contributed by atoms with van der Waals surface area (Å²) in [5.41, 5.74) is 7.31. The Labute approximate surface area is 111 Å². The molecule has 1 aromatic rings. The number of carboxylic acids is 1. The molecule has 0 aliphatic carbocycles. The molecule has 6 heteroatoms. The number of aliphatic carboxylic acids is 1. The van der Waals surface area contributed by atoms with Gasteiger partial charge in [-0.15, -0.1) is 0 Å². The Morgan fingerprint density at radius 3 is 2.78 bits per heavy atom. The highest BCUT2D eigenvalue weighted by molar-refractivity contribution is 6.33. The van der Waals surface area contributed by atoms with Crippen molar-refractivity contribution >= 4 is 28.9 Å². The molecule has 98 valence electrons. The summed E-state index contributed by atoms with van der Waals surface area (Å²) in [7, 11) is 0. The number of carbonyl (C=O) groups is 1. The van der Waals surface area contributed by atoms with E-state index in [0.717, 1.165) is 31.6 Å². The maximum absolute atomic E-state index is 10.7. The highest BCUT2D eigenvalue weighted by atomic mass is 35.5. The van der Waals surface area contributed by atoms with Gasteiger partial charge in [-0.05, 0) is 18.8 Å². The summed E-state index contributed by atoms with van der Waals surface area (Å²) >= 11 is 5.94. The van der Waals surface area contributed by atoms with E-state index in [-0.39, 0.29) is 12.3 Å². The lowest BCUT2D eigenvalue weighted by Gasteiger charge is -2.33. The quantitative estimate of drug-likeness (QED) is 0.877. The number of rotatable bonds is 3. The first-order valence-electron chi connectivity index (χ1n) is 5.93. The average Bonchev–Trinajstić information content (AvgIpc) is 2.33. The molecule has 1 fully saturated rings. The fourth-order valence-corrected chi connectivity index (χ4v) is 2.46. The second-order valence-corrected chi connectivity index (χ2v) is 4.99. The minimum atomic E-state index is -0.725. The molecule has 2 heterocycles. The number of anilines is 2. The van der Waals surface area contributed by atoms with Gasteiger partial charge >= 0.3 is 5.97 Å². The average molecular weight is 270 g/mol. The molecular weight excluding hydrogens is 254 g/mol. The largest absolute Gasteiger partial charge is 0.481 e. The monoisotopic (exact) mass is 269 g/mol. The van der Waals surface area contributed by atoms with Crippen molar-refractivity contribution in [2.45, 2.75) is 19.3 Å². The standard InChI is InChI=1S/C12H16ClN3O2/c13-9-6-15-7-10(12(9)14)16-3-1-8(2-4-16)5-11(17)18/h6-8H,1-5H2,(H2,14,15)(H,17,18). The number of nitrogens with zero attached hydrogens (tertiary/aromatic N) is 2. The predicted octanol–water partition coefficient (Wildman–Crippen LogP) is 2.01. The van der Waals surface area contributed by atoms with Crippen LogP contribution in [-0.2, 0) is 4.79 Å². The number of pyridine rings is 1. The molecule has 3 N–H and O–H groups in total. The van der Waals surface area contributed by atoms with Crippen molar-refractivity contribution in [3.63, 3.8) is 0 Å². The summed E-state index contributed by atoms with van der Waals surface area (Å²) in [6, 6.07) is 0. The molecule has 0 radical (unpaired) electrons. The molecule has 0 unspecified atom stereocenters. The number of nitrogen functional groups attached to an aromatic ring is 1. The zero-order valence-corrected chi connectivity index (χ0v) is 10.7. The second kappa shape index (κ2) is 5.44. The summed E-state index contributed by atoms with van der Waals surface area (Å²) in [5.74, 6) is -0.468. The summed E-state index contributed by atoms with van der Waals surface area (Å²) in [5, 5.41) is 9.23. The molecule has 0 saturated carbocycles. The molecular formula is C12H16ClN3O2. The van der Waals surface area contributed by atoms with Gasteiger partial charge in [0.2, 0.25) is 0 Å². The summed E-state index contributed by atoms with van der Waals surface area (Å²) in [4.78, 5) is 16.8. The molecule has 1 aliphatic heterocycles. The van der Waals surface area contributed by atoms with Crippen LogP contribution in [0.4, 0.5) is 11.4 Å². The van der Waals surface area contributed by atoms with Crippen molar-refractivity contribution in [3.05, 3.63) is 17.4 Å². The highest BCUT2D eigenvalue weighted by Crippen LogP contribution is 2.32. The van der Waals surface area contributed by atoms with Crippen LogP contribution < -0.4 is 10.6 Å². The third-order valence-corrected chi connectivity index (χ3v) is 3.64. The Kier molecular flexibility index (Phi) is 3.91. The van der Waals surface area contributed by atoms with Crippen LogP contribution in [0.5, 0.6) is 0 Å². The highest BCUT2D eigenvalue weighted by Gasteiger charge is 2.23. The van der Waals surface area contributed by atoms with Gasteiger partial charge in [0.15, 0.2) is 0 Å². The van der Waals surface area contributed by atoms with E-state index in [1.54, 1.807) is 6.20 Å². The van der Waals surface area contributed by atoms with Crippen LogP contribution in [0, 0.1) is 5.92 Å². The van der Waals surface area contributed by atoms with Crippen LogP contribution >= 0.6 is 11.6 Å².